The molecule has 1 amide bonds. The van der Waals surface area contributed by atoms with E-state index in [0.717, 1.165) is 14.4 Å². The first-order valence-electron chi connectivity index (χ1n) is 6.43. The van der Waals surface area contributed by atoms with Crippen LogP contribution in [0, 0.1) is 0 Å². The van der Waals surface area contributed by atoms with Crippen LogP contribution < -0.4 is 5.32 Å². The largest absolute Gasteiger partial charge is 0.411 e. The molecular weight excluding hydrogens is 417 g/mol. The smallest absolute Gasteiger partial charge is 0.370 e. The summed E-state index contributed by atoms with van der Waals surface area (Å²) in [5.74, 6) is -0.301. The second-order valence-corrected chi connectivity index (χ2v) is 7.15. The van der Waals surface area contributed by atoms with Gasteiger partial charge in [0.2, 0.25) is 5.91 Å². The molecule has 0 spiro atoms. The number of aromatic nitrogens is 1. The van der Waals surface area contributed by atoms with Crippen molar-refractivity contribution in [2.75, 3.05) is 19.8 Å². The summed E-state index contributed by atoms with van der Waals surface area (Å²) in [5, 5.41) is 7.07. The molecule has 0 aliphatic carbocycles. The molecule has 1 N–H and O–H groups in total. The minimum Gasteiger partial charge on any atom is -0.370 e. The summed E-state index contributed by atoms with van der Waals surface area (Å²) in [4.78, 5) is 17.1. The topological polar surface area (TPSA) is 51.2 Å². The van der Waals surface area contributed by atoms with Gasteiger partial charge in [-0.25, -0.2) is 4.98 Å². The molecule has 2 rings (SSSR count). The van der Waals surface area contributed by atoms with Crippen molar-refractivity contribution in [3.63, 3.8) is 0 Å². The molecule has 0 unspecified atom stereocenters. The maximum Gasteiger partial charge on any atom is 0.411 e. The number of carbonyl (C=O) groups is 1. The number of nitrogens with one attached hydrogen (secondary N) is 1. The van der Waals surface area contributed by atoms with Gasteiger partial charge in [-0.15, -0.1) is 22.7 Å². The number of nitrogens with zero attached hydrogens (tertiary/aromatic N) is 1. The van der Waals surface area contributed by atoms with Gasteiger partial charge >= 0.3 is 6.18 Å². The first-order valence-corrected chi connectivity index (χ1v) is 8.99. The molecule has 2 aromatic heterocycles. The molecule has 0 saturated carbocycles. The Morgan fingerprint density at radius 3 is 2.78 bits per heavy atom. The summed E-state index contributed by atoms with van der Waals surface area (Å²) < 4.78 is 40.9. The van der Waals surface area contributed by atoms with E-state index >= 15 is 0 Å². The van der Waals surface area contributed by atoms with Crippen molar-refractivity contribution in [1.29, 1.82) is 0 Å². The van der Waals surface area contributed by atoms with Gasteiger partial charge in [-0.05, 0) is 22.0 Å². The zero-order valence-electron chi connectivity index (χ0n) is 11.7. The SMILES string of the molecule is O=C(Cc1csc(-c2cc(Br)cs2)n1)NCCOCC(F)(F)F. The van der Waals surface area contributed by atoms with E-state index in [2.05, 4.69) is 31.0 Å². The summed E-state index contributed by atoms with van der Waals surface area (Å²) in [6.45, 7) is -1.46. The first-order chi connectivity index (χ1) is 10.8. The highest BCUT2D eigenvalue weighted by Gasteiger charge is 2.27. The fourth-order valence-electron chi connectivity index (χ4n) is 1.60. The first kappa shape index (κ1) is 18.4. The Morgan fingerprint density at radius 1 is 1.35 bits per heavy atom. The lowest BCUT2D eigenvalue weighted by Gasteiger charge is -2.08. The maximum absolute atomic E-state index is 11.9. The van der Waals surface area contributed by atoms with Crippen molar-refractivity contribution < 1.29 is 22.7 Å². The molecule has 0 aromatic carbocycles. The van der Waals surface area contributed by atoms with Gasteiger partial charge in [0.1, 0.15) is 11.6 Å². The quantitative estimate of drug-likeness (QED) is 0.680. The number of carbonyl (C=O) groups excluding carboxylic acids is 1. The van der Waals surface area contributed by atoms with Crippen molar-refractivity contribution in [2.45, 2.75) is 12.6 Å². The molecular formula is C13H12BrF3N2O2S2. The zero-order chi connectivity index (χ0) is 16.9. The standard InChI is InChI=1S/C13H12BrF3N2O2S2/c14-8-3-10(22-5-8)12-19-9(6-23-12)4-11(20)18-1-2-21-7-13(15,16)17/h3,5-6H,1-2,4,7H2,(H,18,20). The van der Waals surface area contributed by atoms with E-state index < -0.39 is 12.8 Å². The van der Waals surface area contributed by atoms with Crippen molar-refractivity contribution in [1.82, 2.24) is 10.3 Å². The average Bonchev–Trinajstić information content (AvgIpc) is 3.06. The van der Waals surface area contributed by atoms with Gasteiger partial charge in [-0.2, -0.15) is 13.2 Å². The summed E-state index contributed by atoms with van der Waals surface area (Å²) >= 11 is 6.36. The summed E-state index contributed by atoms with van der Waals surface area (Å²) in [6.07, 6.45) is -4.26. The number of hydrogen-bond acceptors (Lipinski definition) is 5. The van der Waals surface area contributed by atoms with Crippen LogP contribution in [-0.4, -0.2) is 36.8 Å². The molecule has 2 aromatic rings. The van der Waals surface area contributed by atoms with Crippen molar-refractivity contribution >= 4 is 44.5 Å². The Morgan fingerprint density at radius 2 is 2.13 bits per heavy atom. The van der Waals surface area contributed by atoms with Crippen molar-refractivity contribution in [3.05, 3.63) is 27.0 Å². The number of halogens is 4. The number of ether oxygens (including phenoxy) is 1. The summed E-state index contributed by atoms with van der Waals surface area (Å²) in [6, 6.07) is 1.95. The Balaban J connectivity index is 1.72. The predicted molar refractivity (Wildman–Crippen MR) is 86.7 cm³/mol. The highest BCUT2D eigenvalue weighted by Crippen LogP contribution is 2.32. The van der Waals surface area contributed by atoms with Crippen molar-refractivity contribution in [2.24, 2.45) is 0 Å². The van der Waals surface area contributed by atoms with Crippen LogP contribution >= 0.6 is 38.6 Å². The third kappa shape index (κ3) is 6.58. The molecule has 0 bridgehead atoms. The molecule has 126 valence electrons. The number of amides is 1. The van der Waals surface area contributed by atoms with Crippen LogP contribution in [0.3, 0.4) is 0 Å². The minimum absolute atomic E-state index is 0.0315. The monoisotopic (exact) mass is 428 g/mol. The van der Waals surface area contributed by atoms with Gasteiger partial charge in [0, 0.05) is 21.8 Å². The Hall–Kier alpha value is -0.970. The number of alkyl halides is 3. The molecule has 0 fully saturated rings. The normalized spacial score (nSPS) is 11.7. The van der Waals surface area contributed by atoms with Crippen molar-refractivity contribution in [3.8, 4) is 9.88 Å². The average molecular weight is 429 g/mol. The summed E-state index contributed by atoms with van der Waals surface area (Å²) in [7, 11) is 0. The van der Waals surface area contributed by atoms with Crippen LogP contribution in [-0.2, 0) is 16.0 Å². The van der Waals surface area contributed by atoms with Gasteiger partial charge in [-0.3, -0.25) is 4.79 Å². The van der Waals surface area contributed by atoms with Crippen LogP contribution in [0.1, 0.15) is 5.69 Å². The van der Waals surface area contributed by atoms with E-state index in [1.54, 1.807) is 16.7 Å². The molecule has 2 heterocycles. The molecule has 23 heavy (non-hydrogen) atoms. The van der Waals surface area contributed by atoms with Gasteiger partial charge < -0.3 is 10.1 Å². The van der Waals surface area contributed by atoms with E-state index in [1.165, 1.54) is 11.3 Å². The van der Waals surface area contributed by atoms with E-state index in [-0.39, 0.29) is 25.5 Å². The third-order valence-electron chi connectivity index (χ3n) is 2.51. The fourth-order valence-corrected chi connectivity index (χ4v) is 3.93. The lowest BCUT2D eigenvalue weighted by atomic mass is 10.3. The number of thiophene rings is 1. The van der Waals surface area contributed by atoms with E-state index in [0.29, 0.717) is 5.69 Å². The fraction of sp³-hybridized carbons (Fsp3) is 0.385. The van der Waals surface area contributed by atoms with Crippen LogP contribution in [0.15, 0.2) is 21.3 Å². The van der Waals surface area contributed by atoms with Gasteiger partial charge in [-0.1, -0.05) is 0 Å². The minimum atomic E-state index is -4.35. The molecule has 4 nitrogen and oxygen atoms in total. The van der Waals surface area contributed by atoms with Crippen LogP contribution in [0.4, 0.5) is 13.2 Å². The Bertz CT molecular complexity index is 658. The van der Waals surface area contributed by atoms with Gasteiger partial charge in [0.05, 0.1) is 23.6 Å². The maximum atomic E-state index is 11.9. The number of thiazole rings is 1. The molecule has 0 radical (unpaired) electrons. The van der Waals surface area contributed by atoms with Crippen LogP contribution in [0.5, 0.6) is 0 Å². The molecule has 10 heteroatoms. The Labute approximate surface area is 146 Å². The second-order valence-electron chi connectivity index (χ2n) is 4.47. The summed E-state index contributed by atoms with van der Waals surface area (Å²) in [5.41, 5.74) is 0.628. The lowest BCUT2D eigenvalue weighted by molar-refractivity contribution is -0.173. The van der Waals surface area contributed by atoms with Gasteiger partial charge in [0.25, 0.3) is 0 Å². The molecule has 0 atom stereocenters. The molecule has 0 aliphatic heterocycles. The highest BCUT2D eigenvalue weighted by atomic mass is 79.9. The highest BCUT2D eigenvalue weighted by molar-refractivity contribution is 9.10. The van der Waals surface area contributed by atoms with Gasteiger partial charge in [0.15, 0.2) is 0 Å². The lowest BCUT2D eigenvalue weighted by Crippen LogP contribution is -2.30. The van der Waals surface area contributed by atoms with E-state index in [1.807, 2.05) is 11.4 Å². The Kier molecular flexibility index (Phi) is 6.57. The molecule has 0 aliphatic rings. The van der Waals surface area contributed by atoms with Crippen LogP contribution in [0.25, 0.3) is 9.88 Å². The van der Waals surface area contributed by atoms with Crippen LogP contribution in [0.2, 0.25) is 0 Å². The second kappa shape index (κ2) is 8.22. The predicted octanol–water partition coefficient (Wildman–Crippen LogP) is 3.87. The molecule has 0 saturated heterocycles. The number of rotatable bonds is 7. The zero-order valence-corrected chi connectivity index (χ0v) is 14.9. The number of hydrogen-bond donors (Lipinski definition) is 1. The van der Waals surface area contributed by atoms with E-state index in [9.17, 15) is 18.0 Å². The van der Waals surface area contributed by atoms with E-state index in [4.69, 9.17) is 0 Å². The third-order valence-corrected chi connectivity index (χ3v) is 5.26.